The number of hydrogen-bond donors (Lipinski definition) is 1. The third-order valence-electron chi connectivity index (χ3n) is 6.13. The molecule has 2 aromatic rings. The number of carbonyl (C=O) groups excluding carboxylic acids is 3. The molecule has 0 radical (unpaired) electrons. The van der Waals surface area contributed by atoms with Gasteiger partial charge in [0.1, 0.15) is 12.6 Å². The van der Waals surface area contributed by atoms with E-state index in [1.54, 1.807) is 74.5 Å². The van der Waals surface area contributed by atoms with E-state index in [4.69, 9.17) is 24.4 Å². The maximum Gasteiger partial charge on any atom is 0.364 e. The first-order valence-electron chi connectivity index (χ1n) is 12.5. The van der Waals surface area contributed by atoms with Gasteiger partial charge in [0, 0.05) is 11.3 Å². The van der Waals surface area contributed by atoms with Crippen LogP contribution in [0.1, 0.15) is 43.9 Å². The van der Waals surface area contributed by atoms with Crippen LogP contribution in [0.2, 0.25) is 0 Å². The molecule has 0 aliphatic carbocycles. The SMILES string of the molecule is CCOP(=O)(OCC)C(C(=O)OC(c1ccccc1)c1ccccc1)N1C(=O)C(N=[N+]=[N-])C1CCC(=O)CO. The first kappa shape index (κ1) is 30.0. The molecule has 208 valence electrons. The van der Waals surface area contributed by atoms with Gasteiger partial charge in [-0.1, -0.05) is 65.8 Å². The van der Waals surface area contributed by atoms with Crippen molar-refractivity contribution in [2.24, 2.45) is 5.11 Å². The minimum Gasteiger partial charge on any atom is -0.451 e. The molecular weight excluding hydrogens is 527 g/mol. The number of nitrogens with zero attached hydrogens (tertiary/aromatic N) is 4. The van der Waals surface area contributed by atoms with Gasteiger partial charge in [0.15, 0.2) is 11.9 Å². The van der Waals surface area contributed by atoms with Gasteiger partial charge < -0.3 is 23.8 Å². The minimum atomic E-state index is -4.36. The molecule has 1 saturated heterocycles. The number of azide groups is 1. The Morgan fingerprint density at radius 3 is 2.05 bits per heavy atom. The molecule has 1 aliphatic heterocycles. The van der Waals surface area contributed by atoms with E-state index in [-0.39, 0.29) is 26.1 Å². The highest BCUT2D eigenvalue weighted by atomic mass is 31.2. The summed E-state index contributed by atoms with van der Waals surface area (Å²) in [5.41, 5.74) is 10.2. The Hall–Kier alpha value is -3.53. The summed E-state index contributed by atoms with van der Waals surface area (Å²) < 4.78 is 30.9. The number of hydrogen-bond acceptors (Lipinski definition) is 9. The van der Waals surface area contributed by atoms with Crippen molar-refractivity contribution < 1.29 is 37.8 Å². The van der Waals surface area contributed by atoms with E-state index >= 15 is 0 Å². The lowest BCUT2D eigenvalue weighted by atomic mass is 9.90. The number of Topliss-reactive ketones (excluding diaryl/α,β-unsaturated/α-hetero) is 1. The number of ketones is 1. The van der Waals surface area contributed by atoms with Gasteiger partial charge in [-0.3, -0.25) is 14.2 Å². The summed E-state index contributed by atoms with van der Waals surface area (Å²) in [7, 11) is -4.36. The maximum atomic E-state index is 14.0. The number of amides is 1. The topological polar surface area (TPSA) is 168 Å². The molecule has 1 aliphatic rings. The normalized spacial score (nSPS) is 17.7. The summed E-state index contributed by atoms with van der Waals surface area (Å²) in [6.07, 6.45) is -1.15. The van der Waals surface area contributed by atoms with Crippen LogP contribution in [0.3, 0.4) is 0 Å². The molecular formula is C26H31N4O8P. The van der Waals surface area contributed by atoms with Gasteiger partial charge in [-0.05, 0) is 36.9 Å². The summed E-state index contributed by atoms with van der Waals surface area (Å²) in [6, 6.07) is 15.6. The number of rotatable bonds is 15. The van der Waals surface area contributed by atoms with Crippen molar-refractivity contribution in [1.29, 1.82) is 0 Å². The Labute approximate surface area is 226 Å². The largest absolute Gasteiger partial charge is 0.451 e. The van der Waals surface area contributed by atoms with Gasteiger partial charge in [0.2, 0.25) is 11.7 Å². The van der Waals surface area contributed by atoms with Gasteiger partial charge in [0.25, 0.3) is 0 Å². The molecule has 2 aromatic carbocycles. The van der Waals surface area contributed by atoms with E-state index in [0.29, 0.717) is 11.1 Å². The highest BCUT2D eigenvalue weighted by Crippen LogP contribution is 2.57. The highest BCUT2D eigenvalue weighted by molar-refractivity contribution is 7.55. The number of β-lactam (4-membered cyclic amide) rings is 1. The third kappa shape index (κ3) is 6.92. The average Bonchev–Trinajstić information content (AvgIpc) is 2.95. The molecule has 3 atom stereocenters. The van der Waals surface area contributed by atoms with Crippen molar-refractivity contribution in [3.63, 3.8) is 0 Å². The molecule has 1 N–H and O–H groups in total. The second-order valence-electron chi connectivity index (χ2n) is 8.59. The van der Waals surface area contributed by atoms with E-state index in [9.17, 15) is 18.9 Å². The molecule has 12 nitrogen and oxygen atoms in total. The quantitative estimate of drug-likeness (QED) is 0.0849. The Bertz CT molecular complexity index is 1190. The number of esters is 1. The standard InChI is InChI=1S/C26H31N4O8P/c1-3-36-39(35,37-4-2)25(30-21(16-15-20(32)17-31)22(24(30)33)28-29-27)26(34)38-23(18-11-7-5-8-12-18)19-13-9-6-10-14-19/h5-14,21-23,25,31H,3-4,15-17H2,1-2H3. The zero-order chi connectivity index (χ0) is 28.4. The molecule has 1 amide bonds. The van der Waals surface area contributed by atoms with E-state index in [1.807, 2.05) is 0 Å². The molecule has 13 heteroatoms. The zero-order valence-electron chi connectivity index (χ0n) is 21.7. The first-order valence-corrected chi connectivity index (χ1v) is 14.1. The number of aliphatic hydroxyl groups is 1. The molecule has 39 heavy (non-hydrogen) atoms. The van der Waals surface area contributed by atoms with Gasteiger partial charge >= 0.3 is 13.6 Å². The van der Waals surface area contributed by atoms with Crippen LogP contribution in [-0.2, 0) is 32.7 Å². The van der Waals surface area contributed by atoms with E-state index in [1.165, 1.54) is 0 Å². The molecule has 0 spiro atoms. The summed E-state index contributed by atoms with van der Waals surface area (Å²) in [5.74, 6) is -4.19. The molecule has 0 bridgehead atoms. The fraction of sp³-hybridized carbons (Fsp3) is 0.423. The van der Waals surface area contributed by atoms with Crippen molar-refractivity contribution in [3.8, 4) is 0 Å². The zero-order valence-corrected chi connectivity index (χ0v) is 22.6. The second kappa shape index (κ2) is 14.0. The smallest absolute Gasteiger partial charge is 0.364 e. The van der Waals surface area contributed by atoms with Gasteiger partial charge in [-0.15, -0.1) is 0 Å². The minimum absolute atomic E-state index is 0.0579. The molecule has 1 fully saturated rings. The van der Waals surface area contributed by atoms with Crippen LogP contribution in [0.25, 0.3) is 10.4 Å². The fourth-order valence-corrected chi connectivity index (χ4v) is 6.40. The van der Waals surface area contributed by atoms with Crippen LogP contribution < -0.4 is 0 Å². The number of ether oxygens (including phenoxy) is 1. The van der Waals surface area contributed by atoms with E-state index in [0.717, 1.165) is 4.90 Å². The van der Waals surface area contributed by atoms with Crippen molar-refractivity contribution in [2.45, 2.75) is 50.7 Å². The molecule has 0 saturated carbocycles. The lowest BCUT2D eigenvalue weighted by Gasteiger charge is -2.49. The Kier molecular flexibility index (Phi) is 10.8. The third-order valence-corrected chi connectivity index (χ3v) is 8.43. The van der Waals surface area contributed by atoms with Crippen LogP contribution in [0.15, 0.2) is 65.8 Å². The summed E-state index contributed by atoms with van der Waals surface area (Å²) in [6.45, 7) is 2.20. The van der Waals surface area contributed by atoms with Gasteiger partial charge in [-0.25, -0.2) is 4.79 Å². The maximum absolute atomic E-state index is 14.0. The molecule has 3 rings (SSSR count). The monoisotopic (exact) mass is 558 g/mol. The number of likely N-dealkylation sites (tertiary alicyclic amines) is 1. The molecule has 1 heterocycles. The predicted octanol–water partition coefficient (Wildman–Crippen LogP) is 4.14. The summed E-state index contributed by atoms with van der Waals surface area (Å²) in [5, 5.41) is 12.6. The lowest BCUT2D eigenvalue weighted by Crippen LogP contribution is -2.68. The number of benzene rings is 2. The Balaban J connectivity index is 2.06. The molecule has 3 unspecified atom stereocenters. The Morgan fingerprint density at radius 2 is 1.59 bits per heavy atom. The fourth-order valence-electron chi connectivity index (χ4n) is 4.41. The van der Waals surface area contributed by atoms with Crippen LogP contribution in [-0.4, -0.2) is 65.4 Å². The summed E-state index contributed by atoms with van der Waals surface area (Å²) in [4.78, 5) is 42.6. The van der Waals surface area contributed by atoms with Crippen LogP contribution in [0.4, 0.5) is 0 Å². The average molecular weight is 559 g/mol. The predicted molar refractivity (Wildman–Crippen MR) is 140 cm³/mol. The second-order valence-corrected chi connectivity index (χ2v) is 10.7. The number of aliphatic hydroxyl groups excluding tert-OH is 1. The highest BCUT2D eigenvalue weighted by Gasteiger charge is 2.59. The van der Waals surface area contributed by atoms with E-state index in [2.05, 4.69) is 10.0 Å². The van der Waals surface area contributed by atoms with Crippen molar-refractivity contribution in [1.82, 2.24) is 4.90 Å². The lowest BCUT2D eigenvalue weighted by molar-refractivity contribution is -0.166. The van der Waals surface area contributed by atoms with E-state index < -0.39 is 55.8 Å². The van der Waals surface area contributed by atoms with Crippen LogP contribution in [0.5, 0.6) is 0 Å². The van der Waals surface area contributed by atoms with Gasteiger partial charge in [0.05, 0.1) is 19.3 Å². The number of carbonyl (C=O) groups is 3. The molecule has 0 aromatic heterocycles. The van der Waals surface area contributed by atoms with Crippen molar-refractivity contribution in [3.05, 3.63) is 82.2 Å². The van der Waals surface area contributed by atoms with Crippen LogP contribution >= 0.6 is 7.60 Å². The van der Waals surface area contributed by atoms with Gasteiger partial charge in [-0.2, -0.15) is 0 Å². The van der Waals surface area contributed by atoms with Crippen molar-refractivity contribution >= 4 is 25.3 Å². The summed E-state index contributed by atoms with van der Waals surface area (Å²) >= 11 is 0. The Morgan fingerprint density at radius 1 is 1.05 bits per heavy atom. The van der Waals surface area contributed by atoms with Crippen LogP contribution in [0, 0.1) is 0 Å². The van der Waals surface area contributed by atoms with Crippen molar-refractivity contribution in [2.75, 3.05) is 19.8 Å². The first-order chi connectivity index (χ1) is 18.8.